The maximum Gasteiger partial charge on any atom is 0.305 e. The Morgan fingerprint density at radius 1 is 0.975 bits per heavy atom. The molecule has 0 unspecified atom stereocenters. The van der Waals surface area contributed by atoms with Crippen molar-refractivity contribution >= 4 is 29.5 Å². The van der Waals surface area contributed by atoms with Gasteiger partial charge in [0.1, 0.15) is 5.78 Å². The summed E-state index contributed by atoms with van der Waals surface area (Å²) < 4.78 is 31.7. The van der Waals surface area contributed by atoms with Gasteiger partial charge >= 0.3 is 5.97 Å². The van der Waals surface area contributed by atoms with Crippen molar-refractivity contribution in [2.24, 2.45) is 11.8 Å². The summed E-state index contributed by atoms with van der Waals surface area (Å²) >= 11 is 0. The van der Waals surface area contributed by atoms with Gasteiger partial charge in [0.25, 0.3) is 0 Å². The lowest BCUT2D eigenvalue weighted by Crippen LogP contribution is -2.31. The molecule has 2 aromatic rings. The number of hydrogen-bond donors (Lipinski definition) is 0. The highest BCUT2D eigenvalue weighted by molar-refractivity contribution is 7.82. The molecule has 1 fully saturated rings. The van der Waals surface area contributed by atoms with Gasteiger partial charge < -0.3 is 18.8 Å². The number of unbranched alkanes of at least 4 members (excludes halogenated alkanes) is 1. The predicted octanol–water partition coefficient (Wildman–Crippen LogP) is 6.00. The first-order valence-electron chi connectivity index (χ1n) is 13.8. The maximum absolute atomic E-state index is 14.8. The summed E-state index contributed by atoms with van der Waals surface area (Å²) in [6.07, 6.45) is 4.32. The number of hydrogen-bond acceptors (Lipinski definition) is 6. The Kier molecular flexibility index (Phi) is 11.4. The van der Waals surface area contributed by atoms with Crippen LogP contribution in [0, 0.1) is 23.7 Å². The molecule has 0 N–H and O–H groups in total. The third kappa shape index (κ3) is 8.19. The molecule has 0 aliphatic heterocycles. The van der Waals surface area contributed by atoms with Gasteiger partial charge in [0, 0.05) is 42.2 Å². The van der Waals surface area contributed by atoms with Crippen LogP contribution in [0.1, 0.15) is 59.3 Å². The Bertz CT molecular complexity index is 1220. The van der Waals surface area contributed by atoms with Crippen molar-refractivity contribution in [3.8, 4) is 11.8 Å². The molecular formula is C33H41O6P. The Hall–Kier alpha value is -3.13. The molecule has 2 aromatic carbocycles. The van der Waals surface area contributed by atoms with Crippen LogP contribution in [0.25, 0.3) is 0 Å². The highest BCUT2D eigenvalue weighted by atomic mass is 31.2. The smallest absolute Gasteiger partial charge is 0.305 e. The lowest BCUT2D eigenvalue weighted by Gasteiger charge is -2.30. The standard InChI is InChI=1S/C33H41O6P/c1-33(2,3)39-30-24-29(34)27(20-14-6-7-15-21-31(35)37-4)28(30)22-23-32(38-5)40(36,25-16-10-8-11-17-25)26-18-12-9-13-19-26/h8-13,16-19,23,27-28,30H,7,15,20-22,24H2,1-5H3/b32-23+/t27-,28-,30-/m1/s1. The number of methoxy groups -OCH3 is 2. The zero-order valence-electron chi connectivity index (χ0n) is 24.2. The largest absolute Gasteiger partial charge is 0.493 e. The van der Waals surface area contributed by atoms with Gasteiger partial charge in [-0.3, -0.25) is 9.59 Å². The number of rotatable bonds is 11. The molecule has 0 heterocycles. The lowest BCUT2D eigenvalue weighted by molar-refractivity contribution is -0.140. The van der Waals surface area contributed by atoms with Crippen molar-refractivity contribution < 1.29 is 28.4 Å². The number of carbonyl (C=O) groups excluding carboxylic acids is 2. The average molecular weight is 565 g/mol. The summed E-state index contributed by atoms with van der Waals surface area (Å²) in [5, 5.41) is 1.38. The molecule has 214 valence electrons. The van der Waals surface area contributed by atoms with Crippen LogP contribution in [0.4, 0.5) is 0 Å². The van der Waals surface area contributed by atoms with Crippen LogP contribution in [0.2, 0.25) is 0 Å². The van der Waals surface area contributed by atoms with Crippen LogP contribution < -0.4 is 10.6 Å². The van der Waals surface area contributed by atoms with Gasteiger partial charge in [-0.1, -0.05) is 60.7 Å². The molecule has 6 nitrogen and oxygen atoms in total. The third-order valence-electron chi connectivity index (χ3n) is 7.00. The highest BCUT2D eigenvalue weighted by Gasteiger charge is 2.44. The average Bonchev–Trinajstić information content (AvgIpc) is 3.23. The third-order valence-corrected chi connectivity index (χ3v) is 10.0. The highest BCUT2D eigenvalue weighted by Crippen LogP contribution is 2.52. The minimum absolute atomic E-state index is 0.129. The van der Waals surface area contributed by atoms with E-state index in [4.69, 9.17) is 9.47 Å². The van der Waals surface area contributed by atoms with Crippen LogP contribution in [0.3, 0.4) is 0 Å². The molecular weight excluding hydrogens is 523 g/mol. The van der Waals surface area contributed by atoms with Crippen molar-refractivity contribution in [1.29, 1.82) is 0 Å². The normalized spacial score (nSPS) is 19.6. The summed E-state index contributed by atoms with van der Waals surface area (Å²) in [7, 11) is -0.365. The molecule has 1 aliphatic rings. The monoisotopic (exact) mass is 564 g/mol. The second-order valence-corrected chi connectivity index (χ2v) is 13.7. The molecule has 40 heavy (non-hydrogen) atoms. The molecule has 3 rings (SSSR count). The Balaban J connectivity index is 1.90. The molecule has 0 radical (unpaired) electrons. The van der Waals surface area contributed by atoms with E-state index in [0.717, 1.165) is 0 Å². The number of esters is 1. The van der Waals surface area contributed by atoms with Crippen molar-refractivity contribution in [2.75, 3.05) is 14.2 Å². The maximum atomic E-state index is 14.8. The van der Waals surface area contributed by atoms with Gasteiger partial charge in [-0.25, -0.2) is 0 Å². The Morgan fingerprint density at radius 2 is 1.57 bits per heavy atom. The van der Waals surface area contributed by atoms with Crippen LogP contribution in [-0.4, -0.2) is 37.7 Å². The van der Waals surface area contributed by atoms with Gasteiger partial charge in [-0.2, -0.15) is 0 Å². The molecule has 3 atom stereocenters. The molecule has 0 bridgehead atoms. The number of Topliss-reactive ketones (excluding diaryl/α,β-unsaturated/α-hetero) is 1. The van der Waals surface area contributed by atoms with Crippen molar-refractivity contribution in [3.63, 3.8) is 0 Å². The van der Waals surface area contributed by atoms with Crippen LogP contribution in [0.15, 0.2) is 72.2 Å². The number of ketones is 1. The van der Waals surface area contributed by atoms with Gasteiger partial charge in [-0.15, -0.1) is 11.8 Å². The summed E-state index contributed by atoms with van der Waals surface area (Å²) in [4.78, 5) is 24.5. The van der Waals surface area contributed by atoms with E-state index in [9.17, 15) is 14.2 Å². The molecule has 1 saturated carbocycles. The molecule has 0 spiro atoms. The topological polar surface area (TPSA) is 78.9 Å². The van der Waals surface area contributed by atoms with Crippen molar-refractivity contribution in [3.05, 3.63) is 72.2 Å². The number of ether oxygens (including phenoxy) is 3. The first-order chi connectivity index (χ1) is 19.1. The number of carbonyl (C=O) groups is 2. The SMILES string of the molecule is COC(=O)CCCC#CC[C@H]1C(=O)C[C@@H](OC(C)(C)C)[C@@H]1C/C=C(\OC)P(=O)(c1ccccc1)c1ccccc1. The zero-order chi connectivity index (χ0) is 29.2. The Labute approximate surface area is 238 Å². The van der Waals surface area contributed by atoms with E-state index < -0.39 is 12.7 Å². The molecule has 7 heteroatoms. The van der Waals surface area contributed by atoms with E-state index in [2.05, 4.69) is 16.6 Å². The first kappa shape index (κ1) is 31.4. The van der Waals surface area contributed by atoms with Crippen LogP contribution >= 0.6 is 7.14 Å². The fourth-order valence-electron chi connectivity index (χ4n) is 5.11. The van der Waals surface area contributed by atoms with Gasteiger partial charge in [0.15, 0.2) is 5.50 Å². The van der Waals surface area contributed by atoms with Gasteiger partial charge in [-0.05, 0) is 45.6 Å². The lowest BCUT2D eigenvalue weighted by atomic mass is 9.88. The minimum atomic E-state index is -3.28. The fourth-order valence-corrected chi connectivity index (χ4v) is 7.72. The van der Waals surface area contributed by atoms with E-state index in [1.165, 1.54) is 7.11 Å². The Morgan fingerprint density at radius 3 is 2.10 bits per heavy atom. The summed E-state index contributed by atoms with van der Waals surface area (Å²) in [5.41, 5.74) is -0.0270. The van der Waals surface area contributed by atoms with E-state index in [1.54, 1.807) is 7.11 Å². The molecule has 1 aliphatic carbocycles. The summed E-state index contributed by atoms with van der Waals surface area (Å²) in [5.74, 6) is 5.70. The summed E-state index contributed by atoms with van der Waals surface area (Å²) in [6.45, 7) is 5.95. The second kappa shape index (κ2) is 14.5. The second-order valence-electron chi connectivity index (χ2n) is 11.0. The number of benzene rings is 2. The van der Waals surface area contributed by atoms with E-state index in [0.29, 0.717) is 54.6 Å². The fraction of sp³-hybridized carbons (Fsp3) is 0.455. The number of allylic oxidation sites excluding steroid dienone is 1. The zero-order valence-corrected chi connectivity index (χ0v) is 25.1. The molecule has 0 amide bonds. The first-order valence-corrected chi connectivity index (χ1v) is 15.5. The van der Waals surface area contributed by atoms with Crippen LogP contribution in [0.5, 0.6) is 0 Å². The van der Waals surface area contributed by atoms with Gasteiger partial charge in [0.05, 0.1) is 25.9 Å². The van der Waals surface area contributed by atoms with E-state index >= 15 is 0 Å². The molecule has 0 aromatic heterocycles. The van der Waals surface area contributed by atoms with E-state index in [1.807, 2.05) is 87.5 Å². The minimum Gasteiger partial charge on any atom is -0.493 e. The van der Waals surface area contributed by atoms with Crippen molar-refractivity contribution in [2.45, 2.75) is 71.0 Å². The molecule has 0 saturated heterocycles. The van der Waals surface area contributed by atoms with Crippen LogP contribution in [-0.2, 0) is 28.4 Å². The quantitative estimate of drug-likeness (QED) is 0.109. The van der Waals surface area contributed by atoms with Crippen molar-refractivity contribution in [1.82, 2.24) is 0 Å². The predicted molar refractivity (Wildman–Crippen MR) is 159 cm³/mol. The van der Waals surface area contributed by atoms with E-state index in [-0.39, 0.29) is 29.7 Å². The van der Waals surface area contributed by atoms with Gasteiger partial charge in [0.2, 0.25) is 7.14 Å². The summed E-state index contributed by atoms with van der Waals surface area (Å²) in [6, 6.07) is 18.8.